The maximum absolute atomic E-state index is 13.9. The number of nitrogens with zero attached hydrogens (tertiary/aromatic N) is 2. The summed E-state index contributed by atoms with van der Waals surface area (Å²) in [6.07, 6.45) is 3.99. The zero-order valence-electron chi connectivity index (χ0n) is 10.9. The average Bonchev–Trinajstić information content (AvgIpc) is 2.35. The van der Waals surface area contributed by atoms with Crippen molar-refractivity contribution < 1.29 is 9.50 Å². The minimum atomic E-state index is -0.369. The summed E-state index contributed by atoms with van der Waals surface area (Å²) in [5.74, 6) is 0.824. The van der Waals surface area contributed by atoms with Crippen molar-refractivity contribution in [3.63, 3.8) is 0 Å². The van der Waals surface area contributed by atoms with Gasteiger partial charge in [0.2, 0.25) is 0 Å². The predicted molar refractivity (Wildman–Crippen MR) is 67.9 cm³/mol. The first-order chi connectivity index (χ1) is 8.60. The molecule has 0 aliphatic heterocycles. The number of aryl methyl sites for hydroxylation is 2. The Hall–Kier alpha value is -1.23. The molecule has 2 atom stereocenters. The quantitative estimate of drug-likeness (QED) is 0.867. The van der Waals surface area contributed by atoms with Crippen molar-refractivity contribution in [3.8, 4) is 0 Å². The van der Waals surface area contributed by atoms with E-state index < -0.39 is 0 Å². The molecule has 18 heavy (non-hydrogen) atoms. The number of aromatic nitrogens is 2. The van der Waals surface area contributed by atoms with Crippen molar-refractivity contribution in [2.75, 3.05) is 11.9 Å². The van der Waals surface area contributed by atoms with Gasteiger partial charge in [0.15, 0.2) is 11.6 Å². The van der Waals surface area contributed by atoms with Gasteiger partial charge in [0.05, 0.1) is 5.69 Å². The fourth-order valence-electron chi connectivity index (χ4n) is 2.58. The van der Waals surface area contributed by atoms with Gasteiger partial charge in [-0.25, -0.2) is 14.4 Å². The Morgan fingerprint density at radius 3 is 2.83 bits per heavy atom. The first-order valence-corrected chi connectivity index (χ1v) is 6.48. The van der Waals surface area contributed by atoms with E-state index in [1.165, 1.54) is 0 Å². The summed E-state index contributed by atoms with van der Waals surface area (Å²) < 4.78 is 13.9. The number of nitrogens with one attached hydrogen (secondary N) is 1. The Balaban J connectivity index is 2.09. The fourth-order valence-corrected chi connectivity index (χ4v) is 2.58. The van der Waals surface area contributed by atoms with Crippen molar-refractivity contribution >= 4 is 5.82 Å². The molecule has 1 aromatic rings. The van der Waals surface area contributed by atoms with Gasteiger partial charge in [-0.15, -0.1) is 0 Å². The van der Waals surface area contributed by atoms with Crippen molar-refractivity contribution in [2.45, 2.75) is 45.6 Å². The van der Waals surface area contributed by atoms with Gasteiger partial charge in [0.1, 0.15) is 5.82 Å². The van der Waals surface area contributed by atoms with Crippen molar-refractivity contribution in [3.05, 3.63) is 17.3 Å². The molecule has 2 unspecified atom stereocenters. The van der Waals surface area contributed by atoms with E-state index in [0.29, 0.717) is 23.3 Å². The van der Waals surface area contributed by atoms with Crippen LogP contribution in [0.15, 0.2) is 0 Å². The van der Waals surface area contributed by atoms with Gasteiger partial charge in [-0.3, -0.25) is 0 Å². The molecule has 0 amide bonds. The Morgan fingerprint density at radius 1 is 1.33 bits per heavy atom. The van der Waals surface area contributed by atoms with E-state index in [1.54, 1.807) is 13.8 Å². The van der Waals surface area contributed by atoms with Crippen LogP contribution in [0.1, 0.15) is 37.2 Å². The Bertz CT molecular complexity index is 425. The Morgan fingerprint density at radius 2 is 2.11 bits per heavy atom. The second-order valence-electron chi connectivity index (χ2n) is 5.08. The molecule has 1 heterocycles. The average molecular weight is 253 g/mol. The number of hydrogen-bond donors (Lipinski definition) is 2. The van der Waals surface area contributed by atoms with Crippen LogP contribution in [0.3, 0.4) is 0 Å². The Labute approximate surface area is 107 Å². The van der Waals surface area contributed by atoms with Crippen LogP contribution in [-0.2, 0) is 0 Å². The highest BCUT2D eigenvalue weighted by molar-refractivity contribution is 5.39. The fraction of sp³-hybridized carbons (Fsp3) is 0.692. The highest BCUT2D eigenvalue weighted by Crippen LogP contribution is 2.26. The van der Waals surface area contributed by atoms with Gasteiger partial charge in [-0.1, -0.05) is 6.42 Å². The molecule has 0 bridgehead atoms. The van der Waals surface area contributed by atoms with E-state index in [-0.39, 0.29) is 18.5 Å². The molecule has 4 nitrogen and oxygen atoms in total. The molecule has 1 aliphatic carbocycles. The van der Waals surface area contributed by atoms with Gasteiger partial charge in [0.25, 0.3) is 0 Å². The Kier molecular flexibility index (Phi) is 4.11. The zero-order chi connectivity index (χ0) is 13.1. The van der Waals surface area contributed by atoms with Crippen LogP contribution < -0.4 is 5.32 Å². The molecule has 0 saturated heterocycles. The molecule has 5 heteroatoms. The van der Waals surface area contributed by atoms with Crippen LogP contribution in [0.4, 0.5) is 10.2 Å². The smallest absolute Gasteiger partial charge is 0.186 e. The maximum atomic E-state index is 13.9. The lowest BCUT2D eigenvalue weighted by Gasteiger charge is -2.29. The third-order valence-electron chi connectivity index (χ3n) is 3.51. The number of halogens is 1. The minimum Gasteiger partial charge on any atom is -0.396 e. The van der Waals surface area contributed by atoms with Crippen LogP contribution in [-0.4, -0.2) is 27.7 Å². The number of anilines is 1. The lowest BCUT2D eigenvalue weighted by molar-refractivity contribution is 0.184. The highest BCUT2D eigenvalue weighted by Gasteiger charge is 2.23. The third-order valence-corrected chi connectivity index (χ3v) is 3.51. The molecule has 1 fully saturated rings. The molecule has 0 aromatic carbocycles. The molecular formula is C13H20FN3O. The van der Waals surface area contributed by atoms with E-state index >= 15 is 0 Å². The largest absolute Gasteiger partial charge is 0.396 e. The molecule has 2 rings (SSSR count). The summed E-state index contributed by atoms with van der Waals surface area (Å²) in [6, 6.07) is 0.194. The van der Waals surface area contributed by atoms with Crippen LogP contribution in [0.2, 0.25) is 0 Å². The minimum absolute atomic E-state index is 0.194. The highest BCUT2D eigenvalue weighted by atomic mass is 19.1. The molecule has 2 N–H and O–H groups in total. The summed E-state index contributed by atoms with van der Waals surface area (Å²) in [7, 11) is 0. The summed E-state index contributed by atoms with van der Waals surface area (Å²) >= 11 is 0. The molecule has 1 aliphatic rings. The van der Waals surface area contributed by atoms with Crippen molar-refractivity contribution in [1.29, 1.82) is 0 Å². The monoisotopic (exact) mass is 253 g/mol. The lowest BCUT2D eigenvalue weighted by Crippen LogP contribution is -2.29. The number of rotatable bonds is 3. The van der Waals surface area contributed by atoms with Crippen molar-refractivity contribution in [1.82, 2.24) is 9.97 Å². The first-order valence-electron chi connectivity index (χ1n) is 6.48. The molecule has 1 saturated carbocycles. The van der Waals surface area contributed by atoms with Gasteiger partial charge in [-0.2, -0.15) is 0 Å². The SMILES string of the molecule is Cc1nc(C)c(F)c(NC2CCCC(CO)C2)n1. The van der Waals surface area contributed by atoms with Gasteiger partial charge >= 0.3 is 0 Å². The summed E-state index contributed by atoms with van der Waals surface area (Å²) in [5, 5.41) is 12.3. The molecular weight excluding hydrogens is 233 g/mol. The van der Waals surface area contributed by atoms with Crippen molar-refractivity contribution in [2.24, 2.45) is 5.92 Å². The molecule has 100 valence electrons. The second kappa shape index (κ2) is 5.61. The third kappa shape index (κ3) is 2.96. The zero-order valence-corrected chi connectivity index (χ0v) is 10.9. The van der Waals surface area contributed by atoms with E-state index in [1.807, 2.05) is 0 Å². The molecule has 1 aromatic heterocycles. The normalized spacial score (nSPS) is 24.0. The lowest BCUT2D eigenvalue weighted by atomic mass is 9.86. The predicted octanol–water partition coefficient (Wildman–Crippen LogP) is 2.20. The van der Waals surface area contributed by atoms with Crippen LogP contribution in [0, 0.1) is 25.6 Å². The van der Waals surface area contributed by atoms with Crippen LogP contribution in [0.5, 0.6) is 0 Å². The number of aliphatic hydroxyl groups is 1. The summed E-state index contributed by atoms with van der Waals surface area (Å²) in [6.45, 7) is 3.62. The van der Waals surface area contributed by atoms with E-state index in [2.05, 4.69) is 15.3 Å². The van der Waals surface area contributed by atoms with Crippen LogP contribution >= 0.6 is 0 Å². The first kappa shape index (κ1) is 13.2. The topological polar surface area (TPSA) is 58.0 Å². The summed E-state index contributed by atoms with van der Waals surface area (Å²) in [4.78, 5) is 8.11. The number of aliphatic hydroxyl groups excluding tert-OH is 1. The summed E-state index contributed by atoms with van der Waals surface area (Å²) in [5.41, 5.74) is 0.375. The number of hydrogen-bond acceptors (Lipinski definition) is 4. The maximum Gasteiger partial charge on any atom is 0.186 e. The van der Waals surface area contributed by atoms with E-state index in [0.717, 1.165) is 25.7 Å². The molecule has 0 spiro atoms. The van der Waals surface area contributed by atoms with Gasteiger partial charge in [-0.05, 0) is 39.0 Å². The van der Waals surface area contributed by atoms with Crippen LogP contribution in [0.25, 0.3) is 0 Å². The van der Waals surface area contributed by atoms with E-state index in [4.69, 9.17) is 0 Å². The second-order valence-corrected chi connectivity index (χ2v) is 5.08. The molecule has 0 radical (unpaired) electrons. The van der Waals surface area contributed by atoms with Gasteiger partial charge < -0.3 is 10.4 Å². The standard InChI is InChI=1S/C13H20FN3O/c1-8-12(14)13(16-9(2)15-8)17-11-5-3-4-10(6-11)7-18/h10-11,18H,3-7H2,1-2H3,(H,15,16,17). The van der Waals surface area contributed by atoms with Gasteiger partial charge in [0, 0.05) is 12.6 Å². The van der Waals surface area contributed by atoms with E-state index in [9.17, 15) is 9.50 Å².